The lowest BCUT2D eigenvalue weighted by molar-refractivity contribution is 0.444. The zero-order valence-corrected chi connectivity index (χ0v) is 27.1. The number of aromatic nitrogens is 1. The predicted molar refractivity (Wildman–Crippen MR) is 199 cm³/mol. The lowest BCUT2D eigenvalue weighted by atomic mass is 9.81. The molecule has 0 radical (unpaired) electrons. The van der Waals surface area contributed by atoms with Crippen molar-refractivity contribution in [1.82, 2.24) is 4.57 Å². The Morgan fingerprint density at radius 2 is 1.14 bits per heavy atom. The van der Waals surface area contributed by atoms with Crippen molar-refractivity contribution in [3.05, 3.63) is 157 Å². The second-order valence-corrected chi connectivity index (χ2v) is 13.7. The Morgan fingerprint density at radius 1 is 0.490 bits per heavy atom. The van der Waals surface area contributed by atoms with Crippen LogP contribution in [0.1, 0.15) is 25.0 Å². The van der Waals surface area contributed by atoms with Crippen LogP contribution < -0.4 is 14.4 Å². The van der Waals surface area contributed by atoms with Crippen LogP contribution in [0.25, 0.3) is 49.7 Å². The number of para-hydroxylation sites is 3. The lowest BCUT2D eigenvalue weighted by Crippen LogP contribution is -2.21. The van der Waals surface area contributed by atoms with E-state index in [9.17, 15) is 0 Å². The maximum atomic E-state index is 7.08. The fourth-order valence-electron chi connectivity index (χ4n) is 8.71. The standard InChI is InChI=1S/C45H30N2O2/c1-45(2)33-19-8-6-16-29(33)30-17-10-21-35(40(30)45)46(34-20-9-7-15-28(34)27-13-4-3-5-14-27)36-26-25-32-31-18-11-22-37-41(31)47-42(32)44(36)49-39-24-12-23-38(48-37)43(39)47/h3-26H,1-2H3. The highest BCUT2D eigenvalue weighted by Gasteiger charge is 2.40. The third-order valence-electron chi connectivity index (χ3n) is 10.7. The molecule has 3 aliphatic rings. The average Bonchev–Trinajstić information content (AvgIpc) is 3.61. The molecule has 2 aliphatic heterocycles. The third kappa shape index (κ3) is 3.42. The van der Waals surface area contributed by atoms with Crippen molar-refractivity contribution < 1.29 is 9.47 Å². The van der Waals surface area contributed by atoms with Gasteiger partial charge in [0.1, 0.15) is 5.69 Å². The predicted octanol–water partition coefficient (Wildman–Crippen LogP) is 12.4. The van der Waals surface area contributed by atoms with E-state index in [1.807, 2.05) is 12.1 Å². The minimum atomic E-state index is -0.228. The zero-order valence-electron chi connectivity index (χ0n) is 27.1. The molecule has 0 amide bonds. The normalized spacial score (nSPS) is 14.0. The molecule has 0 saturated carbocycles. The first-order chi connectivity index (χ1) is 24.1. The topological polar surface area (TPSA) is 26.6 Å². The number of hydrogen-bond acceptors (Lipinski definition) is 3. The van der Waals surface area contributed by atoms with Gasteiger partial charge in [-0.25, -0.2) is 0 Å². The molecule has 49 heavy (non-hydrogen) atoms. The summed E-state index contributed by atoms with van der Waals surface area (Å²) in [5.74, 6) is 3.28. The van der Waals surface area contributed by atoms with E-state index in [0.29, 0.717) is 0 Å². The second-order valence-electron chi connectivity index (χ2n) is 13.7. The van der Waals surface area contributed by atoms with Gasteiger partial charge in [0.05, 0.1) is 28.1 Å². The van der Waals surface area contributed by atoms with Crippen molar-refractivity contribution in [2.75, 3.05) is 4.90 Å². The van der Waals surface area contributed by atoms with E-state index in [1.54, 1.807) is 0 Å². The minimum Gasteiger partial charge on any atom is -0.453 e. The van der Waals surface area contributed by atoms with Crippen LogP contribution in [0.3, 0.4) is 0 Å². The summed E-state index contributed by atoms with van der Waals surface area (Å²) in [6, 6.07) is 52.0. The highest BCUT2D eigenvalue weighted by Crippen LogP contribution is 2.60. The molecule has 0 spiro atoms. The van der Waals surface area contributed by atoms with Crippen molar-refractivity contribution in [2.24, 2.45) is 0 Å². The zero-order chi connectivity index (χ0) is 32.4. The van der Waals surface area contributed by atoms with Crippen LogP contribution in [0.15, 0.2) is 146 Å². The van der Waals surface area contributed by atoms with Crippen LogP contribution in [0.2, 0.25) is 0 Å². The summed E-state index contributed by atoms with van der Waals surface area (Å²) in [5, 5.41) is 2.29. The molecule has 1 aliphatic carbocycles. The van der Waals surface area contributed by atoms with Gasteiger partial charge in [-0.15, -0.1) is 0 Å². The Hall–Kier alpha value is -6.26. The summed E-state index contributed by atoms with van der Waals surface area (Å²) in [5.41, 5.74) is 13.6. The number of nitrogens with zero attached hydrogens (tertiary/aromatic N) is 2. The third-order valence-corrected chi connectivity index (χ3v) is 10.7. The second kappa shape index (κ2) is 9.42. The molecule has 0 fully saturated rings. The molecular weight excluding hydrogens is 601 g/mol. The van der Waals surface area contributed by atoms with Gasteiger partial charge in [-0.1, -0.05) is 117 Å². The fraction of sp³-hybridized carbons (Fsp3) is 0.0667. The first-order valence-corrected chi connectivity index (χ1v) is 16.9. The molecule has 0 atom stereocenters. The summed E-state index contributed by atoms with van der Waals surface area (Å²) >= 11 is 0. The summed E-state index contributed by atoms with van der Waals surface area (Å²) in [4.78, 5) is 2.45. The first kappa shape index (κ1) is 26.8. The van der Waals surface area contributed by atoms with Crippen LogP contribution in [-0.2, 0) is 5.41 Å². The van der Waals surface area contributed by atoms with Crippen molar-refractivity contribution in [2.45, 2.75) is 19.3 Å². The summed E-state index contributed by atoms with van der Waals surface area (Å²) in [7, 11) is 0. The van der Waals surface area contributed by atoms with E-state index < -0.39 is 0 Å². The number of ether oxygens (including phenoxy) is 2. The van der Waals surface area contributed by atoms with Gasteiger partial charge >= 0.3 is 0 Å². The first-order valence-electron chi connectivity index (χ1n) is 16.9. The van der Waals surface area contributed by atoms with Gasteiger partial charge in [0.25, 0.3) is 0 Å². The highest BCUT2D eigenvalue weighted by molar-refractivity contribution is 6.16. The molecule has 0 saturated heterocycles. The van der Waals surface area contributed by atoms with E-state index in [-0.39, 0.29) is 5.41 Å². The maximum Gasteiger partial charge on any atom is 0.176 e. The Labute approximate surface area is 284 Å². The molecule has 0 N–H and O–H groups in total. The van der Waals surface area contributed by atoms with E-state index in [2.05, 4.69) is 157 Å². The van der Waals surface area contributed by atoms with Crippen molar-refractivity contribution in [3.8, 4) is 50.9 Å². The van der Waals surface area contributed by atoms with Crippen LogP contribution in [0.4, 0.5) is 17.1 Å². The molecule has 4 nitrogen and oxygen atoms in total. The molecule has 11 rings (SSSR count). The van der Waals surface area contributed by atoms with E-state index in [0.717, 1.165) is 78.7 Å². The van der Waals surface area contributed by atoms with E-state index >= 15 is 0 Å². The SMILES string of the molecule is CC1(C)c2ccccc2-c2cccc(N(c3ccccc3-c3ccccc3)c3ccc4c5cccc6c5n5c4c3Oc3cccc(c3-5)O6)c21. The minimum absolute atomic E-state index is 0.228. The van der Waals surface area contributed by atoms with Gasteiger partial charge in [0, 0.05) is 21.8 Å². The van der Waals surface area contributed by atoms with Crippen LogP contribution >= 0.6 is 0 Å². The largest absolute Gasteiger partial charge is 0.453 e. The fourth-order valence-corrected chi connectivity index (χ4v) is 8.71. The molecule has 3 heterocycles. The Kier molecular flexibility index (Phi) is 5.15. The van der Waals surface area contributed by atoms with E-state index in [1.165, 1.54) is 22.3 Å². The molecular formula is C45H30N2O2. The average molecular weight is 631 g/mol. The monoisotopic (exact) mass is 630 g/mol. The molecule has 4 heteroatoms. The van der Waals surface area contributed by atoms with Gasteiger partial charge in [0.2, 0.25) is 0 Å². The van der Waals surface area contributed by atoms with Crippen LogP contribution in [-0.4, -0.2) is 4.57 Å². The molecule has 8 aromatic rings. The smallest absolute Gasteiger partial charge is 0.176 e. The molecule has 1 aromatic heterocycles. The highest BCUT2D eigenvalue weighted by atomic mass is 16.5. The van der Waals surface area contributed by atoms with Gasteiger partial charge in [-0.05, 0) is 70.3 Å². The Bertz CT molecular complexity index is 2700. The Balaban J connectivity index is 1.27. The summed E-state index contributed by atoms with van der Waals surface area (Å²) in [6.45, 7) is 4.71. The molecule has 0 unspecified atom stereocenters. The van der Waals surface area contributed by atoms with Crippen LogP contribution in [0.5, 0.6) is 23.0 Å². The quantitative estimate of drug-likeness (QED) is 0.194. The van der Waals surface area contributed by atoms with Crippen LogP contribution in [0, 0.1) is 0 Å². The summed E-state index contributed by atoms with van der Waals surface area (Å²) < 4.78 is 15.9. The molecule has 232 valence electrons. The number of rotatable bonds is 4. The number of anilines is 3. The number of hydrogen-bond donors (Lipinski definition) is 0. The lowest BCUT2D eigenvalue weighted by Gasteiger charge is -2.35. The van der Waals surface area contributed by atoms with Crippen molar-refractivity contribution in [3.63, 3.8) is 0 Å². The Morgan fingerprint density at radius 3 is 2.02 bits per heavy atom. The van der Waals surface area contributed by atoms with Gasteiger partial charge in [-0.2, -0.15) is 0 Å². The number of benzene rings is 7. The maximum absolute atomic E-state index is 7.08. The summed E-state index contributed by atoms with van der Waals surface area (Å²) in [6.07, 6.45) is 0. The van der Waals surface area contributed by atoms with Gasteiger partial charge in [-0.3, -0.25) is 4.57 Å². The number of fused-ring (bicyclic) bond motifs is 4. The van der Waals surface area contributed by atoms with Crippen molar-refractivity contribution >= 4 is 38.9 Å². The van der Waals surface area contributed by atoms with Crippen molar-refractivity contribution in [1.29, 1.82) is 0 Å². The van der Waals surface area contributed by atoms with E-state index in [4.69, 9.17) is 9.47 Å². The molecule has 0 bridgehead atoms. The van der Waals surface area contributed by atoms with Gasteiger partial charge < -0.3 is 14.4 Å². The van der Waals surface area contributed by atoms with Gasteiger partial charge in [0.15, 0.2) is 23.0 Å². The molecule has 7 aromatic carbocycles.